The fourth-order valence-electron chi connectivity index (χ4n) is 3.45. The Morgan fingerprint density at radius 3 is 2.31 bits per heavy atom. The van der Waals surface area contributed by atoms with Crippen molar-refractivity contribution in [2.24, 2.45) is 0 Å². The molecule has 0 bridgehead atoms. The molecular weight excluding hydrogens is 350 g/mol. The van der Waals surface area contributed by atoms with E-state index in [2.05, 4.69) is 0 Å². The lowest BCUT2D eigenvalue weighted by atomic mass is 9.92. The number of aliphatic hydroxyl groups is 1. The summed E-state index contributed by atoms with van der Waals surface area (Å²) in [6.45, 7) is 0.247. The van der Waals surface area contributed by atoms with E-state index in [0.717, 1.165) is 18.4 Å². The Bertz CT molecular complexity index is 805. The lowest BCUT2D eigenvalue weighted by Crippen LogP contribution is -2.48. The summed E-state index contributed by atoms with van der Waals surface area (Å²) >= 11 is 0. The van der Waals surface area contributed by atoms with E-state index in [0.29, 0.717) is 18.6 Å². The monoisotopic (exact) mass is 375 g/mol. The lowest BCUT2D eigenvalue weighted by Gasteiger charge is -2.36. The molecule has 5 nitrogen and oxygen atoms in total. The van der Waals surface area contributed by atoms with Gasteiger partial charge < -0.3 is 9.84 Å². The molecule has 1 aliphatic carbocycles. The van der Waals surface area contributed by atoms with E-state index < -0.39 is 22.2 Å². The zero-order valence-electron chi connectivity index (χ0n) is 14.9. The second kappa shape index (κ2) is 8.20. The lowest BCUT2D eigenvalue weighted by molar-refractivity contribution is 0.0533. The third-order valence-electron chi connectivity index (χ3n) is 4.91. The molecule has 6 heteroatoms. The van der Waals surface area contributed by atoms with Crippen molar-refractivity contribution in [1.82, 2.24) is 4.31 Å². The van der Waals surface area contributed by atoms with E-state index in [9.17, 15) is 13.5 Å². The summed E-state index contributed by atoms with van der Waals surface area (Å²) in [7, 11) is -2.19. The first-order chi connectivity index (χ1) is 12.5. The predicted octanol–water partition coefficient (Wildman–Crippen LogP) is 3.19. The highest BCUT2D eigenvalue weighted by molar-refractivity contribution is 7.89. The van der Waals surface area contributed by atoms with Gasteiger partial charge in [-0.25, -0.2) is 8.42 Å². The average Bonchev–Trinajstić information content (AvgIpc) is 2.67. The van der Waals surface area contributed by atoms with Gasteiger partial charge in [0.1, 0.15) is 5.75 Å². The molecule has 1 N–H and O–H groups in total. The number of aliphatic hydroxyl groups excluding tert-OH is 1. The van der Waals surface area contributed by atoms with Crippen LogP contribution in [0.5, 0.6) is 5.75 Å². The predicted molar refractivity (Wildman–Crippen MR) is 100 cm³/mol. The van der Waals surface area contributed by atoms with Crippen molar-refractivity contribution in [3.63, 3.8) is 0 Å². The number of rotatable bonds is 6. The van der Waals surface area contributed by atoms with Gasteiger partial charge in [0.2, 0.25) is 10.0 Å². The molecule has 26 heavy (non-hydrogen) atoms. The van der Waals surface area contributed by atoms with Gasteiger partial charge in [0.15, 0.2) is 0 Å². The van der Waals surface area contributed by atoms with Gasteiger partial charge in [0.25, 0.3) is 0 Å². The summed E-state index contributed by atoms with van der Waals surface area (Å²) < 4.78 is 33.3. The fraction of sp³-hybridized carbons (Fsp3) is 0.400. The molecule has 1 saturated carbocycles. The second-order valence-electron chi connectivity index (χ2n) is 6.63. The van der Waals surface area contributed by atoms with E-state index in [1.807, 2.05) is 30.3 Å². The highest BCUT2D eigenvalue weighted by atomic mass is 32.2. The summed E-state index contributed by atoms with van der Waals surface area (Å²) in [5.74, 6) is 0.608. The quantitative estimate of drug-likeness (QED) is 0.842. The third-order valence-corrected chi connectivity index (χ3v) is 6.80. The number of sulfonamides is 1. The van der Waals surface area contributed by atoms with Gasteiger partial charge in [-0.15, -0.1) is 0 Å². The molecule has 0 aliphatic heterocycles. The van der Waals surface area contributed by atoms with Crippen LogP contribution >= 0.6 is 0 Å². The minimum Gasteiger partial charge on any atom is -0.497 e. The zero-order chi connectivity index (χ0) is 18.6. The summed E-state index contributed by atoms with van der Waals surface area (Å²) in [6, 6.07) is 15.5. The first-order valence-corrected chi connectivity index (χ1v) is 10.3. The number of nitrogens with zero attached hydrogens (tertiary/aromatic N) is 1. The van der Waals surface area contributed by atoms with Crippen LogP contribution in [0.1, 0.15) is 31.2 Å². The van der Waals surface area contributed by atoms with Gasteiger partial charge >= 0.3 is 0 Å². The molecule has 1 fully saturated rings. The van der Waals surface area contributed by atoms with Crippen LogP contribution in [-0.2, 0) is 16.6 Å². The standard InChI is InChI=1S/C20H25NO4S/c1-25-17-11-13-18(14-12-17)26(23,24)21(15-16-7-3-2-4-8-16)19-9-5-6-10-20(19)22/h2-4,7-8,11-14,19-20,22H,5-6,9-10,15H2,1H3/t19-,20-/m0/s1. The van der Waals surface area contributed by atoms with E-state index in [-0.39, 0.29) is 11.4 Å². The SMILES string of the molecule is COc1ccc(S(=O)(=O)N(Cc2ccccc2)[C@H]2CCCC[C@@H]2O)cc1. The van der Waals surface area contributed by atoms with Crippen LogP contribution in [0.3, 0.4) is 0 Å². The minimum absolute atomic E-state index is 0.215. The molecule has 0 aromatic heterocycles. The molecule has 3 rings (SSSR count). The van der Waals surface area contributed by atoms with Crippen LogP contribution in [-0.4, -0.2) is 37.1 Å². The number of hydrogen-bond acceptors (Lipinski definition) is 4. The molecule has 140 valence electrons. The Morgan fingerprint density at radius 2 is 1.69 bits per heavy atom. The van der Waals surface area contributed by atoms with Gasteiger partial charge in [-0.2, -0.15) is 4.31 Å². The van der Waals surface area contributed by atoms with Crippen molar-refractivity contribution >= 4 is 10.0 Å². The molecule has 1 aliphatic rings. The van der Waals surface area contributed by atoms with Gasteiger partial charge in [-0.1, -0.05) is 43.2 Å². The van der Waals surface area contributed by atoms with Crippen LogP contribution in [0.15, 0.2) is 59.5 Å². The normalized spacial score (nSPS) is 20.9. The van der Waals surface area contributed by atoms with E-state index in [1.54, 1.807) is 31.4 Å². The molecule has 2 aromatic rings. The molecule has 0 radical (unpaired) electrons. The Labute approximate surface area is 155 Å². The van der Waals surface area contributed by atoms with Crippen molar-refractivity contribution in [2.45, 2.75) is 49.3 Å². The first-order valence-electron chi connectivity index (χ1n) is 8.90. The maximum Gasteiger partial charge on any atom is 0.243 e. The van der Waals surface area contributed by atoms with Crippen LogP contribution < -0.4 is 4.74 Å². The molecule has 2 atom stereocenters. The number of ether oxygens (including phenoxy) is 1. The van der Waals surface area contributed by atoms with Crippen LogP contribution in [0.2, 0.25) is 0 Å². The summed E-state index contributed by atoms with van der Waals surface area (Å²) in [4.78, 5) is 0.215. The highest BCUT2D eigenvalue weighted by Gasteiger charge is 2.37. The third kappa shape index (κ3) is 4.09. The molecule has 0 amide bonds. The summed E-state index contributed by atoms with van der Waals surface area (Å²) in [6.07, 6.45) is 2.52. The Kier molecular flexibility index (Phi) is 5.96. The van der Waals surface area contributed by atoms with Gasteiger partial charge in [-0.05, 0) is 42.7 Å². The van der Waals surface area contributed by atoms with Crippen molar-refractivity contribution in [3.05, 3.63) is 60.2 Å². The Morgan fingerprint density at radius 1 is 1.04 bits per heavy atom. The molecule has 0 spiro atoms. The maximum absolute atomic E-state index is 13.4. The number of hydrogen-bond donors (Lipinski definition) is 1. The Hall–Kier alpha value is -1.89. The number of methoxy groups -OCH3 is 1. The van der Waals surface area contributed by atoms with E-state index in [1.165, 1.54) is 4.31 Å². The largest absolute Gasteiger partial charge is 0.497 e. The smallest absolute Gasteiger partial charge is 0.243 e. The van der Waals surface area contributed by atoms with E-state index in [4.69, 9.17) is 4.74 Å². The maximum atomic E-state index is 13.4. The van der Waals surface area contributed by atoms with E-state index >= 15 is 0 Å². The Balaban J connectivity index is 1.97. The molecule has 2 aromatic carbocycles. The number of benzene rings is 2. The summed E-state index contributed by atoms with van der Waals surface area (Å²) in [5, 5.41) is 10.5. The molecule has 0 unspecified atom stereocenters. The molecular formula is C20H25NO4S. The zero-order valence-corrected chi connectivity index (χ0v) is 15.7. The molecule has 0 heterocycles. The van der Waals surface area contributed by atoms with Crippen LogP contribution in [0.4, 0.5) is 0 Å². The van der Waals surface area contributed by atoms with Gasteiger partial charge in [0.05, 0.1) is 24.2 Å². The van der Waals surface area contributed by atoms with Crippen molar-refractivity contribution in [1.29, 1.82) is 0 Å². The second-order valence-corrected chi connectivity index (χ2v) is 8.52. The van der Waals surface area contributed by atoms with Crippen LogP contribution in [0, 0.1) is 0 Å². The van der Waals surface area contributed by atoms with Crippen LogP contribution in [0.25, 0.3) is 0 Å². The first kappa shape index (κ1) is 18.9. The average molecular weight is 375 g/mol. The van der Waals surface area contributed by atoms with Gasteiger partial charge in [-0.3, -0.25) is 0 Å². The fourth-order valence-corrected chi connectivity index (χ4v) is 5.13. The topological polar surface area (TPSA) is 66.8 Å². The minimum atomic E-state index is -3.74. The van der Waals surface area contributed by atoms with Crippen molar-refractivity contribution in [2.75, 3.05) is 7.11 Å². The summed E-state index contributed by atoms with van der Waals surface area (Å²) in [5.41, 5.74) is 0.905. The molecule has 0 saturated heterocycles. The highest BCUT2D eigenvalue weighted by Crippen LogP contribution is 2.30. The van der Waals surface area contributed by atoms with Gasteiger partial charge in [0, 0.05) is 6.54 Å². The van der Waals surface area contributed by atoms with Crippen molar-refractivity contribution < 1.29 is 18.3 Å². The van der Waals surface area contributed by atoms with Crippen molar-refractivity contribution in [3.8, 4) is 5.75 Å².